The van der Waals surface area contributed by atoms with Gasteiger partial charge in [0, 0.05) is 10.2 Å². The fourth-order valence-electron chi connectivity index (χ4n) is 2.87. The predicted molar refractivity (Wildman–Crippen MR) is 139 cm³/mol. The molecule has 1 amide bonds. The van der Waals surface area contributed by atoms with Crippen LogP contribution in [0.4, 0.5) is 5.69 Å². The second kappa shape index (κ2) is 12.4. The highest BCUT2D eigenvalue weighted by Crippen LogP contribution is 2.37. The minimum Gasteiger partial charge on any atom is -0.490 e. The van der Waals surface area contributed by atoms with Crippen LogP contribution in [0.15, 0.2) is 74.7 Å². The summed E-state index contributed by atoms with van der Waals surface area (Å²) in [5.41, 5.74) is 6.37. The Hall–Kier alpha value is -2.84. The normalized spacial score (nSPS) is 10.8. The number of hydrogen-bond acceptors (Lipinski definition) is 5. The summed E-state index contributed by atoms with van der Waals surface area (Å²) >= 11 is 6.99. The van der Waals surface area contributed by atoms with Gasteiger partial charge >= 0.3 is 0 Å². The lowest BCUT2D eigenvalue weighted by Crippen LogP contribution is -2.25. The van der Waals surface area contributed by atoms with Gasteiger partial charge in [-0.2, -0.15) is 5.10 Å². The van der Waals surface area contributed by atoms with Crippen LogP contribution in [0.1, 0.15) is 23.6 Å². The number of nitrogens with zero attached hydrogens (tertiary/aromatic N) is 1. The fourth-order valence-corrected chi connectivity index (χ4v) is 3.71. The smallest absolute Gasteiger partial charge is 0.259 e. The number of ether oxygens (including phenoxy) is 2. The van der Waals surface area contributed by atoms with Crippen molar-refractivity contribution in [3.8, 4) is 11.5 Å². The molecular formula is C25H25Br2N3O3. The van der Waals surface area contributed by atoms with Crippen LogP contribution < -0.4 is 20.2 Å². The number of nitrogens with one attached hydrogen (secondary N) is 2. The minimum atomic E-state index is -0.245. The molecule has 0 aliphatic carbocycles. The van der Waals surface area contributed by atoms with Gasteiger partial charge in [-0.1, -0.05) is 45.8 Å². The molecule has 3 aromatic carbocycles. The largest absolute Gasteiger partial charge is 0.490 e. The van der Waals surface area contributed by atoms with Gasteiger partial charge in [0.2, 0.25) is 0 Å². The van der Waals surface area contributed by atoms with Gasteiger partial charge in [-0.05, 0) is 77.3 Å². The van der Waals surface area contributed by atoms with Crippen LogP contribution in [0.3, 0.4) is 0 Å². The third kappa shape index (κ3) is 7.91. The molecule has 33 heavy (non-hydrogen) atoms. The van der Waals surface area contributed by atoms with E-state index in [1.807, 2.05) is 74.5 Å². The number of halogens is 2. The van der Waals surface area contributed by atoms with Gasteiger partial charge in [-0.15, -0.1) is 0 Å². The Balaban J connectivity index is 1.60. The van der Waals surface area contributed by atoms with E-state index in [0.29, 0.717) is 24.7 Å². The first kappa shape index (κ1) is 24.8. The Labute approximate surface area is 210 Å². The third-order valence-corrected chi connectivity index (χ3v) is 5.65. The number of carbonyl (C=O) groups excluding carboxylic acids is 1. The molecule has 2 N–H and O–H groups in total. The number of carbonyl (C=O) groups is 1. The average molecular weight is 575 g/mol. The first-order valence-electron chi connectivity index (χ1n) is 10.4. The summed E-state index contributed by atoms with van der Waals surface area (Å²) < 4.78 is 13.5. The van der Waals surface area contributed by atoms with Gasteiger partial charge in [0.1, 0.15) is 6.61 Å². The van der Waals surface area contributed by atoms with Crippen molar-refractivity contribution in [1.29, 1.82) is 0 Å². The lowest BCUT2D eigenvalue weighted by molar-refractivity contribution is -0.119. The minimum absolute atomic E-state index is 0.122. The van der Waals surface area contributed by atoms with Crippen LogP contribution in [0, 0.1) is 6.92 Å². The van der Waals surface area contributed by atoms with Crippen molar-refractivity contribution in [2.75, 3.05) is 18.5 Å². The molecule has 3 rings (SSSR count). The molecule has 0 unspecified atom stereocenters. The van der Waals surface area contributed by atoms with E-state index in [4.69, 9.17) is 9.47 Å². The second-order valence-corrected chi connectivity index (χ2v) is 8.96. The molecule has 0 aromatic heterocycles. The van der Waals surface area contributed by atoms with Crippen molar-refractivity contribution < 1.29 is 14.3 Å². The van der Waals surface area contributed by atoms with E-state index in [-0.39, 0.29) is 12.5 Å². The molecule has 8 heteroatoms. The first-order chi connectivity index (χ1) is 15.9. The number of anilines is 1. The number of hydrogen-bond donors (Lipinski definition) is 2. The SMILES string of the molecule is CCOc1cc(/C=N\NC(=O)CNc2ccc(C)cc2)cc(Br)c1OCc1ccc(Br)cc1. The summed E-state index contributed by atoms with van der Waals surface area (Å²) in [5, 5.41) is 7.12. The molecule has 0 saturated carbocycles. The van der Waals surface area contributed by atoms with Crippen LogP contribution in [-0.4, -0.2) is 25.3 Å². The van der Waals surface area contributed by atoms with Gasteiger partial charge in [0.15, 0.2) is 11.5 Å². The molecule has 0 aliphatic rings. The third-order valence-electron chi connectivity index (χ3n) is 4.54. The summed E-state index contributed by atoms with van der Waals surface area (Å²) in [7, 11) is 0. The summed E-state index contributed by atoms with van der Waals surface area (Å²) in [4.78, 5) is 12.1. The molecular weight excluding hydrogens is 550 g/mol. The maximum Gasteiger partial charge on any atom is 0.259 e. The van der Waals surface area contributed by atoms with E-state index < -0.39 is 0 Å². The number of benzene rings is 3. The fraction of sp³-hybridized carbons (Fsp3) is 0.200. The van der Waals surface area contributed by atoms with E-state index in [0.717, 1.165) is 31.3 Å². The highest BCUT2D eigenvalue weighted by atomic mass is 79.9. The van der Waals surface area contributed by atoms with Gasteiger partial charge in [-0.25, -0.2) is 5.43 Å². The molecule has 3 aromatic rings. The first-order valence-corrected chi connectivity index (χ1v) is 12.0. The Morgan fingerprint density at radius 1 is 1.03 bits per heavy atom. The summed E-state index contributed by atoms with van der Waals surface area (Å²) in [6.07, 6.45) is 1.57. The van der Waals surface area contributed by atoms with Crippen molar-refractivity contribution in [3.05, 3.63) is 86.3 Å². The monoisotopic (exact) mass is 573 g/mol. The Kier molecular flexibility index (Phi) is 9.33. The zero-order valence-corrected chi connectivity index (χ0v) is 21.6. The van der Waals surface area contributed by atoms with Crippen LogP contribution in [0.2, 0.25) is 0 Å². The quantitative estimate of drug-likeness (QED) is 0.228. The van der Waals surface area contributed by atoms with E-state index in [1.54, 1.807) is 6.21 Å². The van der Waals surface area contributed by atoms with Crippen molar-refractivity contribution in [3.63, 3.8) is 0 Å². The Bertz CT molecular complexity index is 1100. The van der Waals surface area contributed by atoms with Gasteiger partial charge in [-0.3, -0.25) is 4.79 Å². The molecule has 0 fully saturated rings. The topological polar surface area (TPSA) is 72.0 Å². The number of rotatable bonds is 10. The molecule has 0 atom stereocenters. The van der Waals surface area contributed by atoms with Crippen LogP contribution in [0.5, 0.6) is 11.5 Å². The van der Waals surface area contributed by atoms with E-state index >= 15 is 0 Å². The highest BCUT2D eigenvalue weighted by Gasteiger charge is 2.12. The zero-order chi connectivity index (χ0) is 23.6. The number of aryl methyl sites for hydroxylation is 1. The van der Waals surface area contributed by atoms with Crippen molar-refractivity contribution >= 4 is 49.7 Å². The molecule has 172 valence electrons. The maximum absolute atomic E-state index is 12.1. The predicted octanol–water partition coefficient (Wildman–Crippen LogP) is 6.06. The van der Waals surface area contributed by atoms with Crippen LogP contribution in [0.25, 0.3) is 0 Å². The molecule has 0 radical (unpaired) electrons. The summed E-state index contributed by atoms with van der Waals surface area (Å²) in [5.74, 6) is 0.964. The van der Waals surface area contributed by atoms with E-state index in [9.17, 15) is 4.79 Å². The van der Waals surface area contributed by atoms with Crippen LogP contribution >= 0.6 is 31.9 Å². The van der Waals surface area contributed by atoms with Gasteiger partial charge in [0.05, 0.1) is 23.8 Å². The van der Waals surface area contributed by atoms with E-state index in [1.165, 1.54) is 0 Å². The van der Waals surface area contributed by atoms with Gasteiger partial charge in [0.25, 0.3) is 5.91 Å². The van der Waals surface area contributed by atoms with Gasteiger partial charge < -0.3 is 14.8 Å². The Morgan fingerprint density at radius 2 is 1.76 bits per heavy atom. The maximum atomic E-state index is 12.1. The lowest BCUT2D eigenvalue weighted by atomic mass is 10.2. The lowest BCUT2D eigenvalue weighted by Gasteiger charge is -2.14. The van der Waals surface area contributed by atoms with Crippen molar-refractivity contribution in [1.82, 2.24) is 5.43 Å². The van der Waals surface area contributed by atoms with Crippen molar-refractivity contribution in [2.24, 2.45) is 5.10 Å². The molecule has 0 heterocycles. The van der Waals surface area contributed by atoms with Crippen molar-refractivity contribution in [2.45, 2.75) is 20.5 Å². The summed E-state index contributed by atoms with van der Waals surface area (Å²) in [6, 6.07) is 19.5. The molecule has 0 saturated heterocycles. The van der Waals surface area contributed by atoms with Crippen LogP contribution in [-0.2, 0) is 11.4 Å². The molecule has 0 aliphatic heterocycles. The Morgan fingerprint density at radius 3 is 2.45 bits per heavy atom. The number of amides is 1. The highest BCUT2D eigenvalue weighted by molar-refractivity contribution is 9.10. The standard InChI is InChI=1S/C25H25Br2N3O3/c1-3-32-23-13-19(12-22(27)25(23)33-16-18-6-8-20(26)9-7-18)14-29-30-24(31)15-28-21-10-4-17(2)5-11-21/h4-14,28H,3,15-16H2,1-2H3,(H,30,31)/b29-14-. The molecule has 0 spiro atoms. The summed E-state index contributed by atoms with van der Waals surface area (Å²) in [6.45, 7) is 4.94. The molecule has 0 bridgehead atoms. The second-order valence-electron chi connectivity index (χ2n) is 7.19. The zero-order valence-electron chi connectivity index (χ0n) is 18.4. The average Bonchev–Trinajstić information content (AvgIpc) is 2.79. The number of hydrazone groups is 1. The van der Waals surface area contributed by atoms with E-state index in [2.05, 4.69) is 47.7 Å². The molecule has 6 nitrogen and oxygen atoms in total.